The van der Waals surface area contributed by atoms with Gasteiger partial charge in [0.2, 0.25) is 0 Å². The lowest BCUT2D eigenvalue weighted by Crippen LogP contribution is -2.34. The number of carbonyl (C=O) groups is 4. The number of furan rings is 1. The van der Waals surface area contributed by atoms with Crippen molar-refractivity contribution < 1.29 is 33.1 Å². The van der Waals surface area contributed by atoms with E-state index < -0.39 is 23.7 Å². The summed E-state index contributed by atoms with van der Waals surface area (Å²) in [5.74, 6) is -1.46. The van der Waals surface area contributed by atoms with Crippen molar-refractivity contribution in [1.82, 2.24) is 5.32 Å². The molecule has 2 heterocycles. The summed E-state index contributed by atoms with van der Waals surface area (Å²) in [6.45, 7) is 3.98. The molecular formula is C29H27N3O7. The number of allylic oxidation sites excluding steroid dienone is 1. The van der Waals surface area contributed by atoms with Crippen LogP contribution in [0.25, 0.3) is 6.08 Å². The van der Waals surface area contributed by atoms with Gasteiger partial charge in [-0.2, -0.15) is 0 Å². The molecule has 0 aliphatic carbocycles. The van der Waals surface area contributed by atoms with Crippen molar-refractivity contribution in [3.8, 4) is 5.75 Å². The van der Waals surface area contributed by atoms with Crippen LogP contribution in [0.1, 0.15) is 25.4 Å². The molecule has 1 aliphatic heterocycles. The maximum atomic E-state index is 13.4. The first-order valence-corrected chi connectivity index (χ1v) is 12.1. The van der Waals surface area contributed by atoms with Crippen LogP contribution in [-0.4, -0.2) is 37.4 Å². The van der Waals surface area contributed by atoms with E-state index in [0.717, 1.165) is 0 Å². The topological polar surface area (TPSA) is 127 Å². The molecule has 200 valence electrons. The second-order valence-electron chi connectivity index (χ2n) is 8.38. The Morgan fingerprint density at radius 1 is 0.974 bits per heavy atom. The number of nitrogens with zero attached hydrogens (tertiary/aromatic N) is 1. The number of rotatable bonds is 8. The molecular weight excluding hydrogens is 502 g/mol. The molecule has 0 saturated carbocycles. The number of esters is 1. The highest BCUT2D eigenvalue weighted by Crippen LogP contribution is 2.36. The molecule has 39 heavy (non-hydrogen) atoms. The number of nitrogens with one attached hydrogen (secondary N) is 2. The van der Waals surface area contributed by atoms with Gasteiger partial charge in [0.25, 0.3) is 5.91 Å². The SMILES string of the molecule is CCOc1ccc(N2C(=O)/C(=C/c3ccc(CNC(=O)C(=O)Nc4ccccc4)o3)C(C(=O)OC)=C2C)cc1. The minimum Gasteiger partial charge on any atom is -0.494 e. The van der Waals surface area contributed by atoms with Crippen molar-refractivity contribution in [1.29, 1.82) is 0 Å². The summed E-state index contributed by atoms with van der Waals surface area (Å²) in [4.78, 5) is 51.8. The summed E-state index contributed by atoms with van der Waals surface area (Å²) < 4.78 is 16.1. The molecule has 0 saturated heterocycles. The van der Waals surface area contributed by atoms with Crippen molar-refractivity contribution in [3.05, 3.63) is 95.1 Å². The van der Waals surface area contributed by atoms with Gasteiger partial charge in [0.15, 0.2) is 0 Å². The van der Waals surface area contributed by atoms with E-state index in [-0.39, 0.29) is 23.5 Å². The third kappa shape index (κ3) is 6.07. The summed E-state index contributed by atoms with van der Waals surface area (Å²) in [6, 6.07) is 18.7. The van der Waals surface area contributed by atoms with E-state index >= 15 is 0 Å². The Labute approximate surface area is 224 Å². The maximum Gasteiger partial charge on any atom is 0.340 e. The summed E-state index contributed by atoms with van der Waals surface area (Å²) in [5.41, 5.74) is 1.67. The molecule has 2 N–H and O–H groups in total. The van der Waals surface area contributed by atoms with Crippen LogP contribution in [0.5, 0.6) is 5.75 Å². The van der Waals surface area contributed by atoms with Gasteiger partial charge < -0.3 is 24.5 Å². The van der Waals surface area contributed by atoms with Gasteiger partial charge in [-0.25, -0.2) is 4.79 Å². The van der Waals surface area contributed by atoms with Crippen molar-refractivity contribution in [2.45, 2.75) is 20.4 Å². The van der Waals surface area contributed by atoms with Gasteiger partial charge in [0.05, 0.1) is 31.4 Å². The fourth-order valence-corrected chi connectivity index (χ4v) is 4.02. The highest BCUT2D eigenvalue weighted by molar-refractivity contribution is 6.39. The molecule has 2 aromatic carbocycles. The number of methoxy groups -OCH3 is 1. The summed E-state index contributed by atoms with van der Waals surface area (Å²) in [6.07, 6.45) is 1.44. The predicted molar refractivity (Wildman–Crippen MR) is 143 cm³/mol. The Balaban J connectivity index is 1.50. The van der Waals surface area contributed by atoms with Crippen LogP contribution in [-0.2, 0) is 30.5 Å². The third-order valence-electron chi connectivity index (χ3n) is 5.83. The van der Waals surface area contributed by atoms with E-state index in [2.05, 4.69) is 10.6 Å². The highest BCUT2D eigenvalue weighted by atomic mass is 16.5. The molecule has 3 amide bonds. The van der Waals surface area contributed by atoms with E-state index in [1.165, 1.54) is 18.1 Å². The molecule has 1 aliphatic rings. The van der Waals surface area contributed by atoms with E-state index in [9.17, 15) is 19.2 Å². The van der Waals surface area contributed by atoms with Gasteiger partial charge in [0, 0.05) is 17.1 Å². The molecule has 1 aromatic heterocycles. The third-order valence-corrected chi connectivity index (χ3v) is 5.83. The van der Waals surface area contributed by atoms with Crippen LogP contribution in [0.15, 0.2) is 88.0 Å². The molecule has 4 rings (SSSR count). The first kappa shape index (κ1) is 26.9. The standard InChI is InChI=1S/C29H27N3O7/c1-4-38-21-12-10-20(11-13-21)32-18(2)25(29(36)37-3)24(28(32)35)16-22-14-15-23(39-22)17-30-26(33)27(34)31-19-8-6-5-7-9-19/h5-16H,4,17H2,1-3H3,(H,30,33)(H,31,34)/b24-16+. The fraction of sp³-hybridized carbons (Fsp3) is 0.172. The van der Waals surface area contributed by atoms with Gasteiger partial charge in [-0.15, -0.1) is 0 Å². The largest absolute Gasteiger partial charge is 0.494 e. The number of amides is 3. The Bertz CT molecular complexity index is 1450. The average molecular weight is 530 g/mol. The number of para-hydroxylation sites is 1. The lowest BCUT2D eigenvalue weighted by Gasteiger charge is -2.18. The molecule has 0 unspecified atom stereocenters. The zero-order valence-corrected chi connectivity index (χ0v) is 21.6. The van der Waals surface area contributed by atoms with Gasteiger partial charge in [0.1, 0.15) is 17.3 Å². The van der Waals surface area contributed by atoms with Crippen LogP contribution in [0.4, 0.5) is 11.4 Å². The van der Waals surface area contributed by atoms with E-state index in [0.29, 0.717) is 35.2 Å². The first-order valence-electron chi connectivity index (χ1n) is 12.1. The zero-order valence-electron chi connectivity index (χ0n) is 21.6. The minimum absolute atomic E-state index is 0.0603. The van der Waals surface area contributed by atoms with Crippen molar-refractivity contribution in [2.75, 3.05) is 23.9 Å². The highest BCUT2D eigenvalue weighted by Gasteiger charge is 2.38. The summed E-state index contributed by atoms with van der Waals surface area (Å²) in [5, 5.41) is 4.98. The lowest BCUT2D eigenvalue weighted by atomic mass is 10.1. The number of hydrogen-bond donors (Lipinski definition) is 2. The van der Waals surface area contributed by atoms with Gasteiger partial charge in [-0.1, -0.05) is 18.2 Å². The predicted octanol–water partition coefficient (Wildman–Crippen LogP) is 3.81. The summed E-state index contributed by atoms with van der Waals surface area (Å²) >= 11 is 0. The number of benzene rings is 2. The average Bonchev–Trinajstić information content (AvgIpc) is 3.49. The molecule has 10 heteroatoms. The minimum atomic E-state index is -0.835. The number of anilines is 2. The van der Waals surface area contributed by atoms with Crippen LogP contribution >= 0.6 is 0 Å². The molecule has 0 radical (unpaired) electrons. The van der Waals surface area contributed by atoms with Gasteiger partial charge in [-0.05, 0) is 68.5 Å². The Morgan fingerprint density at radius 2 is 1.69 bits per heavy atom. The Hall–Kier alpha value is -5.12. The smallest absolute Gasteiger partial charge is 0.340 e. The van der Waals surface area contributed by atoms with E-state index in [4.69, 9.17) is 13.9 Å². The van der Waals surface area contributed by atoms with Crippen LogP contribution in [0.3, 0.4) is 0 Å². The first-order chi connectivity index (χ1) is 18.8. The van der Waals surface area contributed by atoms with Crippen LogP contribution < -0.4 is 20.3 Å². The van der Waals surface area contributed by atoms with Gasteiger partial charge >= 0.3 is 17.8 Å². The van der Waals surface area contributed by atoms with Crippen LogP contribution in [0, 0.1) is 0 Å². The van der Waals surface area contributed by atoms with Crippen molar-refractivity contribution >= 4 is 41.1 Å². The number of carbonyl (C=O) groups excluding carboxylic acids is 4. The van der Waals surface area contributed by atoms with Crippen molar-refractivity contribution in [2.24, 2.45) is 0 Å². The van der Waals surface area contributed by atoms with Crippen molar-refractivity contribution in [3.63, 3.8) is 0 Å². The lowest BCUT2D eigenvalue weighted by molar-refractivity contribution is -0.136. The van der Waals surface area contributed by atoms with Gasteiger partial charge in [-0.3, -0.25) is 19.3 Å². The normalized spacial score (nSPS) is 14.0. The number of hydrogen-bond acceptors (Lipinski definition) is 7. The monoisotopic (exact) mass is 529 g/mol. The second kappa shape index (κ2) is 12.0. The summed E-state index contributed by atoms with van der Waals surface area (Å²) in [7, 11) is 1.24. The molecule has 0 atom stereocenters. The molecule has 10 nitrogen and oxygen atoms in total. The molecule has 0 spiro atoms. The van der Waals surface area contributed by atoms with E-state index in [1.807, 2.05) is 6.92 Å². The van der Waals surface area contributed by atoms with E-state index in [1.54, 1.807) is 73.7 Å². The Morgan fingerprint density at radius 3 is 2.36 bits per heavy atom. The molecule has 3 aromatic rings. The molecule has 0 fully saturated rings. The van der Waals surface area contributed by atoms with Crippen LogP contribution in [0.2, 0.25) is 0 Å². The molecule has 0 bridgehead atoms. The zero-order chi connectivity index (χ0) is 27.9. The quantitative estimate of drug-likeness (QED) is 0.258. The fourth-order valence-electron chi connectivity index (χ4n) is 4.02. The maximum absolute atomic E-state index is 13.4. The second-order valence-corrected chi connectivity index (χ2v) is 8.38. The Kier molecular flexibility index (Phi) is 8.25. The number of ether oxygens (including phenoxy) is 2.